The van der Waals surface area contributed by atoms with Gasteiger partial charge in [0.1, 0.15) is 0 Å². The van der Waals surface area contributed by atoms with E-state index in [9.17, 15) is 20.1 Å². The zero-order chi connectivity index (χ0) is 24.3. The molecule has 0 amide bonds. The average molecular weight is 465 g/mol. The van der Waals surface area contributed by atoms with Crippen LogP contribution in [0.25, 0.3) is 0 Å². The molecule has 33 heavy (non-hydrogen) atoms. The van der Waals surface area contributed by atoms with E-state index in [2.05, 4.69) is 34.6 Å². The molecule has 0 unspecified atom stereocenters. The molecule has 4 aliphatic rings. The minimum absolute atomic E-state index is 0.0363. The second-order valence-corrected chi connectivity index (χ2v) is 13.2. The molecule has 1 aliphatic heterocycles. The van der Waals surface area contributed by atoms with Gasteiger partial charge in [-0.3, -0.25) is 4.79 Å². The fourth-order valence-electron chi connectivity index (χ4n) is 8.90. The van der Waals surface area contributed by atoms with E-state index in [1.165, 1.54) is 0 Å². The van der Waals surface area contributed by atoms with Crippen LogP contribution in [-0.4, -0.2) is 46.2 Å². The predicted molar refractivity (Wildman–Crippen MR) is 128 cm³/mol. The third-order valence-electron chi connectivity index (χ3n) is 11.5. The van der Waals surface area contributed by atoms with Crippen molar-refractivity contribution in [3.8, 4) is 0 Å². The summed E-state index contributed by atoms with van der Waals surface area (Å²) < 4.78 is 5.91. The SMILES string of the molecule is CC(C)[C@H](C)[C@@H](O)[C@H](O)[C@H](C)[C@H]1CC[C@H]2[C@@H]3COC(=O)[C@H]4C[C@@H](O)CC[C@]4(C)[C@H]3CC[C@]12C. The van der Waals surface area contributed by atoms with Gasteiger partial charge in [-0.05, 0) is 97.2 Å². The van der Waals surface area contributed by atoms with Crippen molar-refractivity contribution in [1.82, 2.24) is 0 Å². The Labute approximate surface area is 200 Å². The van der Waals surface area contributed by atoms with Crippen LogP contribution in [0.5, 0.6) is 0 Å². The van der Waals surface area contributed by atoms with E-state index in [4.69, 9.17) is 4.74 Å². The molecular formula is C28H48O5. The Morgan fingerprint density at radius 3 is 2.21 bits per heavy atom. The Morgan fingerprint density at radius 1 is 0.909 bits per heavy atom. The van der Waals surface area contributed by atoms with Crippen LogP contribution >= 0.6 is 0 Å². The third kappa shape index (κ3) is 4.08. The van der Waals surface area contributed by atoms with Crippen molar-refractivity contribution < 1.29 is 24.9 Å². The van der Waals surface area contributed by atoms with E-state index in [1.807, 2.05) is 6.92 Å². The highest BCUT2D eigenvalue weighted by atomic mass is 16.5. The number of cyclic esters (lactones) is 1. The molecule has 3 aliphatic carbocycles. The maximum atomic E-state index is 13.0. The summed E-state index contributed by atoms with van der Waals surface area (Å²) in [6.07, 6.45) is 4.78. The first-order valence-electron chi connectivity index (χ1n) is 13.6. The van der Waals surface area contributed by atoms with Crippen LogP contribution in [0.4, 0.5) is 0 Å². The number of aliphatic hydroxyl groups is 3. The summed E-state index contributed by atoms with van der Waals surface area (Å²) in [5.74, 6) is 1.78. The van der Waals surface area contributed by atoms with Gasteiger partial charge in [-0.1, -0.05) is 41.5 Å². The Balaban J connectivity index is 1.56. The van der Waals surface area contributed by atoms with Crippen LogP contribution in [0, 0.1) is 58.2 Å². The monoisotopic (exact) mass is 464 g/mol. The fourth-order valence-corrected chi connectivity index (χ4v) is 8.90. The second kappa shape index (κ2) is 9.09. The normalized spacial score (nSPS) is 46.9. The first-order valence-corrected chi connectivity index (χ1v) is 13.6. The van der Waals surface area contributed by atoms with Gasteiger partial charge in [-0.2, -0.15) is 0 Å². The van der Waals surface area contributed by atoms with Crippen molar-refractivity contribution in [3.63, 3.8) is 0 Å². The largest absolute Gasteiger partial charge is 0.465 e. The van der Waals surface area contributed by atoms with Gasteiger partial charge in [-0.15, -0.1) is 0 Å². The van der Waals surface area contributed by atoms with Crippen molar-refractivity contribution >= 4 is 5.97 Å². The Morgan fingerprint density at radius 2 is 1.55 bits per heavy atom. The lowest BCUT2D eigenvalue weighted by Crippen LogP contribution is -2.52. The van der Waals surface area contributed by atoms with E-state index in [0.29, 0.717) is 42.6 Å². The minimum atomic E-state index is -0.714. The summed E-state index contributed by atoms with van der Waals surface area (Å²) in [5.41, 5.74) is 0.00402. The number of carbonyl (C=O) groups excluding carboxylic acids is 1. The highest BCUT2D eigenvalue weighted by Gasteiger charge is 2.62. The van der Waals surface area contributed by atoms with Crippen LogP contribution in [0.1, 0.15) is 86.5 Å². The lowest BCUT2D eigenvalue weighted by atomic mass is 9.48. The number of fused-ring (bicyclic) bond motifs is 5. The molecule has 3 saturated carbocycles. The molecule has 0 radical (unpaired) electrons. The molecule has 4 fully saturated rings. The first kappa shape index (κ1) is 25.4. The Bertz CT molecular complexity index is 723. The molecule has 12 atom stereocenters. The van der Waals surface area contributed by atoms with Gasteiger partial charge in [0.2, 0.25) is 0 Å². The van der Waals surface area contributed by atoms with Gasteiger partial charge in [0, 0.05) is 0 Å². The number of rotatable bonds is 5. The van der Waals surface area contributed by atoms with Crippen LogP contribution in [0.2, 0.25) is 0 Å². The summed E-state index contributed by atoms with van der Waals surface area (Å²) >= 11 is 0. The van der Waals surface area contributed by atoms with Crippen molar-refractivity contribution in [2.24, 2.45) is 58.2 Å². The van der Waals surface area contributed by atoms with Crippen molar-refractivity contribution in [1.29, 1.82) is 0 Å². The molecule has 1 heterocycles. The molecule has 0 spiro atoms. The Hall–Kier alpha value is -0.650. The quantitative estimate of drug-likeness (QED) is 0.524. The smallest absolute Gasteiger partial charge is 0.309 e. The first-order chi connectivity index (χ1) is 15.4. The topological polar surface area (TPSA) is 87.0 Å². The molecular weight excluding hydrogens is 416 g/mol. The van der Waals surface area contributed by atoms with Crippen LogP contribution in [0.3, 0.4) is 0 Å². The number of ether oxygens (including phenoxy) is 1. The molecule has 5 nitrogen and oxygen atoms in total. The predicted octanol–water partition coefficient (Wildman–Crippen LogP) is 4.42. The number of hydrogen-bond donors (Lipinski definition) is 3. The highest BCUT2D eigenvalue weighted by Crippen LogP contribution is 2.66. The molecule has 0 bridgehead atoms. The summed E-state index contributed by atoms with van der Waals surface area (Å²) in [6.45, 7) is 13.6. The van der Waals surface area contributed by atoms with E-state index in [1.54, 1.807) is 0 Å². The number of aliphatic hydroxyl groups excluding tert-OH is 3. The minimum Gasteiger partial charge on any atom is -0.465 e. The molecule has 1 saturated heterocycles. The number of hydrogen-bond acceptors (Lipinski definition) is 5. The van der Waals surface area contributed by atoms with Crippen molar-refractivity contribution in [3.05, 3.63) is 0 Å². The van der Waals surface area contributed by atoms with Crippen LogP contribution in [-0.2, 0) is 9.53 Å². The molecule has 3 N–H and O–H groups in total. The summed E-state index contributed by atoms with van der Waals surface area (Å²) in [6, 6.07) is 0. The number of esters is 1. The molecule has 0 aromatic rings. The highest BCUT2D eigenvalue weighted by molar-refractivity contribution is 5.74. The Kier molecular flexibility index (Phi) is 7.01. The van der Waals surface area contributed by atoms with Gasteiger partial charge >= 0.3 is 5.97 Å². The molecule has 0 aromatic carbocycles. The average Bonchev–Trinajstić information content (AvgIpc) is 3.08. The van der Waals surface area contributed by atoms with Crippen molar-refractivity contribution in [2.45, 2.75) is 105 Å². The zero-order valence-corrected chi connectivity index (χ0v) is 21.7. The van der Waals surface area contributed by atoms with Crippen LogP contribution < -0.4 is 0 Å². The van der Waals surface area contributed by atoms with E-state index >= 15 is 0 Å². The summed E-state index contributed by atoms with van der Waals surface area (Å²) in [7, 11) is 0. The van der Waals surface area contributed by atoms with E-state index in [-0.39, 0.29) is 40.7 Å². The lowest BCUT2D eigenvalue weighted by molar-refractivity contribution is -0.155. The maximum Gasteiger partial charge on any atom is 0.309 e. The third-order valence-corrected chi connectivity index (χ3v) is 11.5. The number of carbonyl (C=O) groups is 1. The molecule has 190 valence electrons. The molecule has 5 heteroatoms. The van der Waals surface area contributed by atoms with Gasteiger partial charge < -0.3 is 20.1 Å². The maximum absolute atomic E-state index is 13.0. The van der Waals surface area contributed by atoms with Crippen molar-refractivity contribution in [2.75, 3.05) is 6.61 Å². The zero-order valence-electron chi connectivity index (χ0n) is 21.7. The van der Waals surface area contributed by atoms with E-state index < -0.39 is 12.2 Å². The van der Waals surface area contributed by atoms with Gasteiger partial charge in [0.25, 0.3) is 0 Å². The van der Waals surface area contributed by atoms with Gasteiger partial charge in [0.05, 0.1) is 30.8 Å². The van der Waals surface area contributed by atoms with Gasteiger partial charge in [-0.25, -0.2) is 0 Å². The van der Waals surface area contributed by atoms with E-state index in [0.717, 1.165) is 38.5 Å². The van der Waals surface area contributed by atoms with Crippen LogP contribution in [0.15, 0.2) is 0 Å². The second-order valence-electron chi connectivity index (χ2n) is 13.2. The lowest BCUT2D eigenvalue weighted by Gasteiger charge is -2.55. The summed E-state index contributed by atoms with van der Waals surface area (Å²) in [5, 5.41) is 32.3. The molecule has 0 aromatic heterocycles. The standard InChI is InChI=1S/C28H48O5/c1-15(2)16(3)24(30)25(31)17(4)20-7-8-21-19-14-33-26(32)23-13-18(29)9-11-28(23,6)22(19)10-12-27(20,21)5/h15-25,29-31H,7-14H2,1-6H3/t16-,17+,18-,19-,20+,21-,22-,23+,24+,25+,27+,28+/m0/s1. The molecule has 4 rings (SSSR count). The summed E-state index contributed by atoms with van der Waals surface area (Å²) in [4.78, 5) is 13.0. The van der Waals surface area contributed by atoms with Gasteiger partial charge in [0.15, 0.2) is 0 Å². The fraction of sp³-hybridized carbons (Fsp3) is 0.964.